The molecule has 3 fully saturated rings. The highest BCUT2D eigenvalue weighted by molar-refractivity contribution is 6.01. The second-order valence-electron chi connectivity index (χ2n) is 14.4. The maximum atomic E-state index is 13.6. The van der Waals surface area contributed by atoms with Crippen LogP contribution < -0.4 is 5.32 Å². The molecule has 2 aromatic rings. The van der Waals surface area contributed by atoms with Crippen LogP contribution in [-0.2, 0) is 39.9 Å². The number of Topliss-reactive ketones (excluding diaryl/α,β-unsaturated/α-hetero) is 1. The number of amides is 1. The normalized spacial score (nSPS) is 32.8. The van der Waals surface area contributed by atoms with Crippen LogP contribution in [0.4, 0.5) is 0 Å². The van der Waals surface area contributed by atoms with Crippen LogP contribution in [0.3, 0.4) is 0 Å². The van der Waals surface area contributed by atoms with Gasteiger partial charge in [0, 0.05) is 46.7 Å². The third-order valence-corrected chi connectivity index (χ3v) is 11.9. The molecule has 0 saturated heterocycles. The molecule has 11 heteroatoms. The van der Waals surface area contributed by atoms with E-state index in [0.717, 1.165) is 28.5 Å². The summed E-state index contributed by atoms with van der Waals surface area (Å²) in [6.07, 6.45) is 8.20. The molecule has 4 aliphatic carbocycles. The summed E-state index contributed by atoms with van der Waals surface area (Å²) in [4.78, 5) is 66.6. The number of benzene rings is 1. The molecule has 256 valence electrons. The van der Waals surface area contributed by atoms with Gasteiger partial charge in [0.2, 0.25) is 11.7 Å². The molecule has 3 saturated carbocycles. The standard InChI is InChI=1S/C37H44N2O9/c1-35-14-12-23(40)17-22(35)8-9-25-26-13-15-37(46,36(26,2)18-29(41)33(25)35)30(42)20-48-32(44)11-10-31(43)39-28(34(45)47-3)16-21-19-38-27-7-5-4-6-24(21)27/h4-7,12,14,17,19,25-26,28-29,33,38,41,46H,8-11,13,15-16,18,20H2,1-3H3,(H,39,43)/t25-,26+,28-,29-,33+,35-,36-,37+/m0/s1. The fourth-order valence-electron chi connectivity index (χ4n) is 9.46. The van der Waals surface area contributed by atoms with Gasteiger partial charge in [-0.3, -0.25) is 19.2 Å². The van der Waals surface area contributed by atoms with E-state index < -0.39 is 58.8 Å². The van der Waals surface area contributed by atoms with Crippen molar-refractivity contribution >= 4 is 40.3 Å². The van der Waals surface area contributed by atoms with Crippen molar-refractivity contribution in [3.05, 3.63) is 59.8 Å². The number of aromatic nitrogens is 1. The minimum Gasteiger partial charge on any atom is -0.467 e. The van der Waals surface area contributed by atoms with Gasteiger partial charge in [-0.15, -0.1) is 0 Å². The zero-order valence-corrected chi connectivity index (χ0v) is 27.6. The van der Waals surface area contributed by atoms with Gasteiger partial charge >= 0.3 is 11.9 Å². The highest BCUT2D eigenvalue weighted by Crippen LogP contribution is 2.67. The van der Waals surface area contributed by atoms with Crippen molar-refractivity contribution in [1.82, 2.24) is 10.3 Å². The summed E-state index contributed by atoms with van der Waals surface area (Å²) in [7, 11) is 1.23. The van der Waals surface area contributed by atoms with Gasteiger partial charge in [-0.1, -0.05) is 43.7 Å². The maximum absolute atomic E-state index is 13.6. The number of aromatic amines is 1. The first-order valence-electron chi connectivity index (χ1n) is 16.8. The first-order chi connectivity index (χ1) is 22.8. The highest BCUT2D eigenvalue weighted by atomic mass is 16.5. The lowest BCUT2D eigenvalue weighted by atomic mass is 9.46. The zero-order valence-electron chi connectivity index (χ0n) is 27.6. The first kappa shape index (κ1) is 33.8. The molecule has 8 atom stereocenters. The molecule has 4 aliphatic rings. The van der Waals surface area contributed by atoms with Crippen molar-refractivity contribution in [1.29, 1.82) is 0 Å². The molecule has 0 aliphatic heterocycles. The smallest absolute Gasteiger partial charge is 0.328 e. The quantitative estimate of drug-likeness (QED) is 0.279. The van der Waals surface area contributed by atoms with Crippen molar-refractivity contribution < 1.29 is 43.7 Å². The molecule has 1 heterocycles. The average Bonchev–Trinajstić information content (AvgIpc) is 3.59. The Kier molecular flexibility index (Phi) is 8.97. The Balaban J connectivity index is 1.04. The Bertz CT molecular complexity index is 1710. The van der Waals surface area contributed by atoms with Crippen molar-refractivity contribution in [3.8, 4) is 0 Å². The zero-order chi connectivity index (χ0) is 34.4. The van der Waals surface area contributed by atoms with Crippen LogP contribution >= 0.6 is 0 Å². The van der Waals surface area contributed by atoms with E-state index in [-0.39, 0.29) is 55.6 Å². The first-order valence-corrected chi connectivity index (χ1v) is 16.8. The molecule has 1 amide bonds. The fourth-order valence-corrected chi connectivity index (χ4v) is 9.46. The molecule has 0 unspecified atom stereocenters. The third kappa shape index (κ3) is 5.70. The van der Waals surface area contributed by atoms with Crippen LogP contribution in [0.15, 0.2) is 54.3 Å². The van der Waals surface area contributed by atoms with E-state index in [1.165, 1.54) is 7.11 Å². The van der Waals surface area contributed by atoms with Crippen LogP contribution in [0.1, 0.15) is 64.4 Å². The summed E-state index contributed by atoms with van der Waals surface area (Å²) in [6, 6.07) is 6.61. The summed E-state index contributed by atoms with van der Waals surface area (Å²) in [5.74, 6) is -2.74. The summed E-state index contributed by atoms with van der Waals surface area (Å²) in [6.45, 7) is 3.27. The number of nitrogens with one attached hydrogen (secondary N) is 2. The lowest BCUT2D eigenvalue weighted by Crippen LogP contribution is -2.61. The second-order valence-corrected chi connectivity index (χ2v) is 14.4. The molecular formula is C37H44N2O9. The fraction of sp³-hybridized carbons (Fsp3) is 0.541. The van der Waals surface area contributed by atoms with Gasteiger partial charge in [0.1, 0.15) is 11.6 Å². The Morgan fingerprint density at radius 1 is 1.12 bits per heavy atom. The predicted octanol–water partition coefficient (Wildman–Crippen LogP) is 3.27. The molecule has 1 aromatic heterocycles. The Labute approximate surface area is 279 Å². The SMILES string of the molecule is COC(=O)[C@H](Cc1c[nH]c2ccccc12)NC(=O)CCC(=O)OCC(=O)[C@]1(O)CC[C@@H]2[C@@H]3CCC4=CC(=O)C=C[C@]4(C)[C@H]3[C@@H](O)C[C@@]21C. The molecule has 48 heavy (non-hydrogen) atoms. The monoisotopic (exact) mass is 660 g/mol. The molecule has 0 radical (unpaired) electrons. The summed E-state index contributed by atoms with van der Waals surface area (Å²) < 4.78 is 10.1. The van der Waals surface area contributed by atoms with E-state index in [2.05, 4.69) is 17.2 Å². The number of para-hydroxylation sites is 1. The number of aliphatic hydroxyl groups excluding tert-OH is 1. The van der Waals surface area contributed by atoms with Gasteiger partial charge in [-0.05, 0) is 67.7 Å². The lowest BCUT2D eigenvalue weighted by Gasteiger charge is -2.59. The van der Waals surface area contributed by atoms with E-state index >= 15 is 0 Å². The maximum Gasteiger partial charge on any atom is 0.328 e. The number of allylic oxidation sites excluding steroid dienone is 4. The van der Waals surface area contributed by atoms with Crippen LogP contribution in [0.25, 0.3) is 10.9 Å². The number of rotatable bonds is 10. The number of hydrogen-bond donors (Lipinski definition) is 4. The Hall–Kier alpha value is -4.09. The van der Waals surface area contributed by atoms with Gasteiger partial charge in [0.25, 0.3) is 0 Å². The van der Waals surface area contributed by atoms with Crippen molar-refractivity contribution in [2.24, 2.45) is 28.6 Å². The summed E-state index contributed by atoms with van der Waals surface area (Å²) in [5, 5.41) is 27.0. The van der Waals surface area contributed by atoms with Crippen molar-refractivity contribution in [2.45, 2.75) is 83.0 Å². The van der Waals surface area contributed by atoms with Crippen molar-refractivity contribution in [3.63, 3.8) is 0 Å². The predicted molar refractivity (Wildman–Crippen MR) is 174 cm³/mol. The molecule has 1 aromatic carbocycles. The minimum atomic E-state index is -1.78. The number of esters is 2. The number of methoxy groups -OCH3 is 1. The number of ketones is 2. The Morgan fingerprint density at radius 2 is 1.90 bits per heavy atom. The van der Waals surface area contributed by atoms with E-state index in [1.807, 2.05) is 37.3 Å². The number of carbonyl (C=O) groups excluding carboxylic acids is 5. The number of aliphatic hydroxyl groups is 2. The number of H-pyrrole nitrogens is 1. The lowest BCUT2D eigenvalue weighted by molar-refractivity contribution is -0.181. The van der Waals surface area contributed by atoms with Gasteiger partial charge < -0.3 is 30.0 Å². The van der Waals surface area contributed by atoms with E-state index in [4.69, 9.17) is 9.47 Å². The van der Waals surface area contributed by atoms with Crippen LogP contribution in [-0.4, -0.2) is 76.1 Å². The molecule has 0 bridgehead atoms. The number of ether oxygens (including phenoxy) is 2. The molecule has 0 spiro atoms. The van der Waals surface area contributed by atoms with Gasteiger partial charge in [0.15, 0.2) is 12.4 Å². The van der Waals surface area contributed by atoms with Crippen LogP contribution in [0.5, 0.6) is 0 Å². The molecular weight excluding hydrogens is 616 g/mol. The number of carbonyl (C=O) groups is 5. The molecule has 11 nitrogen and oxygen atoms in total. The minimum absolute atomic E-state index is 0.0318. The van der Waals surface area contributed by atoms with Crippen LogP contribution in [0, 0.1) is 28.6 Å². The largest absolute Gasteiger partial charge is 0.467 e. The second kappa shape index (κ2) is 12.7. The highest BCUT2D eigenvalue weighted by Gasteiger charge is 2.68. The van der Waals surface area contributed by atoms with E-state index in [1.54, 1.807) is 18.3 Å². The van der Waals surface area contributed by atoms with E-state index in [0.29, 0.717) is 12.8 Å². The average molecular weight is 661 g/mol. The van der Waals surface area contributed by atoms with Crippen LogP contribution in [0.2, 0.25) is 0 Å². The molecule has 4 N–H and O–H groups in total. The number of hydrogen-bond acceptors (Lipinski definition) is 9. The van der Waals surface area contributed by atoms with E-state index in [9.17, 15) is 34.2 Å². The van der Waals surface area contributed by atoms with Crippen molar-refractivity contribution in [2.75, 3.05) is 13.7 Å². The number of fused-ring (bicyclic) bond motifs is 6. The van der Waals surface area contributed by atoms with Gasteiger partial charge in [-0.25, -0.2) is 4.79 Å². The van der Waals surface area contributed by atoms with Gasteiger partial charge in [-0.2, -0.15) is 0 Å². The summed E-state index contributed by atoms with van der Waals surface area (Å²) >= 11 is 0. The third-order valence-electron chi connectivity index (χ3n) is 11.9. The topological polar surface area (TPSA) is 172 Å². The van der Waals surface area contributed by atoms with Gasteiger partial charge in [0.05, 0.1) is 19.6 Å². The summed E-state index contributed by atoms with van der Waals surface area (Å²) in [5.41, 5.74) is -0.424. The Morgan fingerprint density at radius 3 is 2.67 bits per heavy atom. The molecule has 6 rings (SSSR count).